The molecule has 0 radical (unpaired) electrons. The van der Waals surface area contributed by atoms with E-state index in [-0.39, 0.29) is 35.5 Å². The third-order valence-corrected chi connectivity index (χ3v) is 4.35. The Bertz CT molecular complexity index is 1040. The monoisotopic (exact) mass is 343 g/mol. The Hall–Kier alpha value is -3.14. The molecule has 0 amide bonds. The van der Waals surface area contributed by atoms with Crippen LogP contribution in [0.15, 0.2) is 29.5 Å². The summed E-state index contributed by atoms with van der Waals surface area (Å²) in [5.41, 5.74) is -0.707. The maximum Gasteiger partial charge on any atom is 0.341 e. The molecule has 10 heteroatoms. The van der Waals surface area contributed by atoms with E-state index >= 15 is 0 Å². The van der Waals surface area contributed by atoms with E-state index in [0.717, 1.165) is 11.5 Å². The van der Waals surface area contributed by atoms with E-state index in [4.69, 9.17) is 0 Å². The number of rotatable bonds is 3. The highest BCUT2D eigenvalue weighted by Gasteiger charge is 2.26. The standard InChI is InChI=1S/C14H9N5O4S/c20-7-3-18(4-7)10-2-1-8-11(21)9(13(22)23)5-19(12(8)17-10)14-15-6-16-24-14/h1-2,5-6H,3-4H2,(H,22,23). The lowest BCUT2D eigenvalue weighted by Crippen LogP contribution is -2.47. The van der Waals surface area contributed by atoms with Gasteiger partial charge < -0.3 is 10.0 Å². The van der Waals surface area contributed by atoms with Crippen molar-refractivity contribution in [3.63, 3.8) is 0 Å². The largest absolute Gasteiger partial charge is 0.477 e. The number of fused-ring (bicyclic) bond motifs is 1. The number of Topliss-reactive ketones (excluding diaryl/α,β-unsaturated/α-hetero) is 1. The van der Waals surface area contributed by atoms with E-state index in [9.17, 15) is 19.5 Å². The fourth-order valence-corrected chi connectivity index (χ4v) is 2.99. The first-order valence-corrected chi connectivity index (χ1v) is 7.65. The van der Waals surface area contributed by atoms with Gasteiger partial charge in [0.05, 0.1) is 18.5 Å². The van der Waals surface area contributed by atoms with Gasteiger partial charge in [-0.2, -0.15) is 4.37 Å². The first-order chi connectivity index (χ1) is 11.5. The van der Waals surface area contributed by atoms with Crippen molar-refractivity contribution in [3.8, 4) is 5.13 Å². The molecule has 3 aromatic heterocycles. The Balaban J connectivity index is 2.00. The van der Waals surface area contributed by atoms with Crippen LogP contribution < -0.4 is 10.3 Å². The Morgan fingerprint density at radius 1 is 1.25 bits per heavy atom. The summed E-state index contributed by atoms with van der Waals surface area (Å²) in [6.45, 7) is 0.545. The first kappa shape index (κ1) is 14.5. The highest BCUT2D eigenvalue weighted by atomic mass is 32.1. The first-order valence-electron chi connectivity index (χ1n) is 6.88. The summed E-state index contributed by atoms with van der Waals surface area (Å²) < 4.78 is 5.33. The molecule has 0 bridgehead atoms. The van der Waals surface area contributed by atoms with Crippen LogP contribution in [-0.4, -0.2) is 48.9 Å². The predicted molar refractivity (Wildman–Crippen MR) is 85.0 cm³/mol. The minimum Gasteiger partial charge on any atom is -0.477 e. The fraction of sp³-hybridized carbons (Fsp3) is 0.143. The molecule has 1 N–H and O–H groups in total. The Labute approximate surface area is 138 Å². The van der Waals surface area contributed by atoms with Crippen molar-refractivity contribution >= 4 is 40.1 Å². The van der Waals surface area contributed by atoms with Crippen LogP contribution >= 0.6 is 11.5 Å². The molecule has 0 spiro atoms. The molecule has 4 heterocycles. The van der Waals surface area contributed by atoms with E-state index in [1.54, 1.807) is 11.0 Å². The molecule has 0 unspecified atom stereocenters. The maximum absolute atomic E-state index is 12.4. The van der Waals surface area contributed by atoms with E-state index in [1.807, 2.05) is 0 Å². The molecular weight excluding hydrogens is 334 g/mol. The zero-order valence-corrected chi connectivity index (χ0v) is 12.9. The quantitative estimate of drug-likeness (QED) is 0.722. The van der Waals surface area contributed by atoms with Crippen molar-refractivity contribution in [1.82, 2.24) is 18.9 Å². The molecule has 0 atom stereocenters. The van der Waals surface area contributed by atoms with Gasteiger partial charge in [-0.3, -0.25) is 14.2 Å². The molecule has 0 saturated carbocycles. The number of aromatic carboxylic acids is 1. The van der Waals surface area contributed by atoms with Crippen molar-refractivity contribution in [3.05, 3.63) is 40.4 Å². The van der Waals surface area contributed by atoms with Gasteiger partial charge in [-0.1, -0.05) is 0 Å². The predicted octanol–water partition coefficient (Wildman–Crippen LogP) is 0.324. The van der Waals surface area contributed by atoms with Gasteiger partial charge in [0.15, 0.2) is 11.4 Å². The van der Waals surface area contributed by atoms with E-state index < -0.39 is 11.4 Å². The number of carbonyl (C=O) groups is 2. The van der Waals surface area contributed by atoms with Gasteiger partial charge in [0.2, 0.25) is 10.6 Å². The SMILES string of the molecule is O=C1CN(c2ccc3c(=O)c(C(=O)O)cn(-c4ncns4)c3n2)C1. The molecule has 0 aromatic carbocycles. The summed E-state index contributed by atoms with van der Waals surface area (Å²) in [7, 11) is 0. The lowest BCUT2D eigenvalue weighted by molar-refractivity contribution is -0.119. The smallest absolute Gasteiger partial charge is 0.341 e. The molecule has 0 aliphatic carbocycles. The average Bonchev–Trinajstić information content (AvgIpc) is 3.06. The number of ketones is 1. The summed E-state index contributed by atoms with van der Waals surface area (Å²) in [6.07, 6.45) is 2.54. The van der Waals surface area contributed by atoms with Crippen molar-refractivity contribution < 1.29 is 14.7 Å². The van der Waals surface area contributed by atoms with Crippen LogP contribution in [0.25, 0.3) is 16.2 Å². The normalized spacial score (nSPS) is 14.0. The Morgan fingerprint density at radius 2 is 2.04 bits per heavy atom. The fourth-order valence-electron chi connectivity index (χ4n) is 2.48. The Morgan fingerprint density at radius 3 is 2.67 bits per heavy atom. The second-order valence-corrected chi connectivity index (χ2v) is 5.96. The summed E-state index contributed by atoms with van der Waals surface area (Å²) in [5, 5.41) is 9.82. The lowest BCUT2D eigenvalue weighted by atomic mass is 10.1. The molecule has 1 aliphatic heterocycles. The van der Waals surface area contributed by atoms with Crippen molar-refractivity contribution in [2.24, 2.45) is 0 Å². The molecular formula is C14H9N5O4S. The molecule has 1 saturated heterocycles. The van der Waals surface area contributed by atoms with Gasteiger partial charge >= 0.3 is 5.97 Å². The zero-order chi connectivity index (χ0) is 16.8. The van der Waals surface area contributed by atoms with Gasteiger partial charge in [-0.25, -0.2) is 14.8 Å². The second-order valence-electron chi connectivity index (χ2n) is 5.21. The zero-order valence-electron chi connectivity index (χ0n) is 12.0. The summed E-state index contributed by atoms with van der Waals surface area (Å²) >= 11 is 1.05. The molecule has 24 heavy (non-hydrogen) atoms. The van der Waals surface area contributed by atoms with Crippen LogP contribution in [0.3, 0.4) is 0 Å². The van der Waals surface area contributed by atoms with E-state index in [2.05, 4.69) is 14.3 Å². The molecule has 1 aliphatic rings. The van der Waals surface area contributed by atoms with Crippen molar-refractivity contribution in [2.45, 2.75) is 0 Å². The number of nitrogens with zero attached hydrogens (tertiary/aromatic N) is 5. The Kier molecular flexibility index (Phi) is 3.13. The van der Waals surface area contributed by atoms with Gasteiger partial charge in [0.1, 0.15) is 17.7 Å². The second kappa shape index (κ2) is 5.20. The van der Waals surface area contributed by atoms with E-state index in [0.29, 0.717) is 10.9 Å². The third-order valence-electron chi connectivity index (χ3n) is 3.68. The number of carbonyl (C=O) groups excluding carboxylic acids is 1. The number of carboxylic acids is 1. The number of hydrogen-bond acceptors (Lipinski definition) is 8. The third kappa shape index (κ3) is 2.15. The minimum atomic E-state index is -1.32. The van der Waals surface area contributed by atoms with Crippen LogP contribution in [0.5, 0.6) is 0 Å². The lowest BCUT2D eigenvalue weighted by Gasteiger charge is -2.30. The van der Waals surface area contributed by atoms with Crippen molar-refractivity contribution in [2.75, 3.05) is 18.0 Å². The van der Waals surface area contributed by atoms with Crippen LogP contribution in [0.2, 0.25) is 0 Å². The number of carboxylic acid groups (broad SMARTS) is 1. The van der Waals surface area contributed by atoms with E-state index in [1.165, 1.54) is 23.2 Å². The van der Waals surface area contributed by atoms with Crippen molar-refractivity contribution in [1.29, 1.82) is 0 Å². The summed E-state index contributed by atoms with van der Waals surface area (Å²) in [6, 6.07) is 3.12. The average molecular weight is 343 g/mol. The van der Waals surface area contributed by atoms with Crippen LogP contribution in [-0.2, 0) is 4.79 Å². The van der Waals surface area contributed by atoms with Gasteiger partial charge in [-0.15, -0.1) is 0 Å². The maximum atomic E-state index is 12.4. The molecule has 4 rings (SSSR count). The molecule has 9 nitrogen and oxygen atoms in total. The summed E-state index contributed by atoms with van der Waals surface area (Å²) in [4.78, 5) is 45.1. The van der Waals surface area contributed by atoms with Crippen LogP contribution in [0, 0.1) is 0 Å². The number of hydrogen-bond donors (Lipinski definition) is 1. The number of aromatic nitrogens is 4. The van der Waals surface area contributed by atoms with Gasteiger partial charge in [0, 0.05) is 17.7 Å². The minimum absolute atomic E-state index is 0.111. The van der Waals surface area contributed by atoms with Crippen LogP contribution in [0.1, 0.15) is 10.4 Å². The number of pyridine rings is 2. The van der Waals surface area contributed by atoms with Gasteiger partial charge in [-0.05, 0) is 12.1 Å². The molecule has 120 valence electrons. The summed E-state index contributed by atoms with van der Waals surface area (Å²) in [5.74, 6) is -0.667. The highest BCUT2D eigenvalue weighted by Crippen LogP contribution is 2.22. The topological polar surface area (TPSA) is 118 Å². The molecule has 3 aromatic rings. The molecule has 1 fully saturated rings. The highest BCUT2D eigenvalue weighted by molar-refractivity contribution is 7.08. The van der Waals surface area contributed by atoms with Crippen LogP contribution in [0.4, 0.5) is 5.82 Å². The van der Waals surface area contributed by atoms with Gasteiger partial charge in [0.25, 0.3) is 0 Å². The number of anilines is 1.